The molecule has 3 aliphatic carbocycles. The molecule has 1 saturated heterocycles. The molecule has 2 amide bonds. The van der Waals surface area contributed by atoms with E-state index in [0.29, 0.717) is 29.7 Å². The summed E-state index contributed by atoms with van der Waals surface area (Å²) < 4.78 is 19.2. The van der Waals surface area contributed by atoms with Crippen LogP contribution in [-0.4, -0.2) is 51.4 Å². The zero-order valence-corrected chi connectivity index (χ0v) is 22.5. The molecular weight excluding hydrogens is 547 g/mol. The van der Waals surface area contributed by atoms with E-state index in [2.05, 4.69) is 5.32 Å². The van der Waals surface area contributed by atoms with Crippen molar-refractivity contribution in [3.8, 4) is 16.9 Å². The maximum atomic E-state index is 14.1. The van der Waals surface area contributed by atoms with Gasteiger partial charge < -0.3 is 31.1 Å². The zero-order valence-electron chi connectivity index (χ0n) is 22.5. The van der Waals surface area contributed by atoms with Crippen LogP contribution in [0.4, 0.5) is 4.39 Å². The normalized spacial score (nSPS) is 25.2. The number of ketones is 2. The molecule has 4 aliphatic rings. The van der Waals surface area contributed by atoms with Crippen LogP contribution in [0.5, 0.6) is 5.75 Å². The number of ether oxygens (including phenoxy) is 1. The number of nitrogens with one attached hydrogen (secondary N) is 1. The first kappa shape index (κ1) is 27.6. The molecule has 11 heteroatoms. The number of nitrogens with two attached hydrogens (primary N) is 1. The van der Waals surface area contributed by atoms with E-state index in [1.165, 1.54) is 12.1 Å². The topological polar surface area (TPSA) is 176 Å². The molecule has 6 N–H and O–H groups in total. The maximum Gasteiger partial charge on any atom is 0.255 e. The number of primary amides is 1. The number of hydrogen-bond acceptors (Lipinski definition) is 8. The molecule has 42 heavy (non-hydrogen) atoms. The summed E-state index contributed by atoms with van der Waals surface area (Å²) in [5, 5.41) is 35.8. The highest BCUT2D eigenvalue weighted by Crippen LogP contribution is 2.51. The fourth-order valence-corrected chi connectivity index (χ4v) is 6.87. The fourth-order valence-electron chi connectivity index (χ4n) is 6.87. The Morgan fingerprint density at radius 1 is 1.10 bits per heavy atom. The number of fused-ring (bicyclic) bond motifs is 3. The van der Waals surface area contributed by atoms with Crippen molar-refractivity contribution in [3.05, 3.63) is 75.5 Å². The molecule has 0 spiro atoms. The number of carbonyl (C=O) groups is 4. The zero-order chi connectivity index (χ0) is 29.9. The number of rotatable bonds is 5. The number of phenols is 1. The van der Waals surface area contributed by atoms with Crippen LogP contribution in [0.3, 0.4) is 0 Å². The molecule has 6 rings (SSSR count). The molecule has 0 radical (unpaired) electrons. The van der Waals surface area contributed by atoms with Crippen LogP contribution in [0.2, 0.25) is 0 Å². The number of amides is 2. The van der Waals surface area contributed by atoms with E-state index in [-0.39, 0.29) is 54.2 Å². The summed E-state index contributed by atoms with van der Waals surface area (Å²) in [5.74, 6) is -7.11. The second kappa shape index (κ2) is 10.4. The maximum absolute atomic E-state index is 14.1. The number of aromatic hydroxyl groups is 1. The summed E-state index contributed by atoms with van der Waals surface area (Å²) in [6.07, 6.45) is 1.11. The smallest absolute Gasteiger partial charge is 0.255 e. The van der Waals surface area contributed by atoms with Gasteiger partial charge in [-0.05, 0) is 72.4 Å². The third-order valence-corrected chi connectivity index (χ3v) is 8.80. The molecule has 1 fully saturated rings. The molecule has 2 aromatic carbocycles. The van der Waals surface area contributed by atoms with Gasteiger partial charge in [0.25, 0.3) is 5.91 Å². The van der Waals surface area contributed by atoms with Gasteiger partial charge in [-0.3, -0.25) is 19.2 Å². The van der Waals surface area contributed by atoms with Gasteiger partial charge in [0.15, 0.2) is 11.6 Å². The van der Waals surface area contributed by atoms with Crippen molar-refractivity contribution in [1.29, 1.82) is 0 Å². The fraction of sp³-hybridized carbons (Fsp3) is 0.355. The Morgan fingerprint density at radius 3 is 2.50 bits per heavy atom. The van der Waals surface area contributed by atoms with Crippen LogP contribution in [-0.2, 0) is 32.1 Å². The SMILES string of the molecule is NC(=O)C1=C(O)CC2CC3Cc4c(-c5ccc(F)cc5)cc(CNC(=O)C5CCCO5)c(O)c4C(=O)C3=C(O)C2C1=O. The van der Waals surface area contributed by atoms with Crippen molar-refractivity contribution in [1.82, 2.24) is 5.32 Å². The van der Waals surface area contributed by atoms with E-state index in [4.69, 9.17) is 10.5 Å². The van der Waals surface area contributed by atoms with Crippen molar-refractivity contribution in [3.63, 3.8) is 0 Å². The largest absolute Gasteiger partial charge is 0.511 e. The van der Waals surface area contributed by atoms with E-state index >= 15 is 0 Å². The number of carbonyl (C=O) groups excluding carboxylic acids is 4. The number of halogens is 1. The molecule has 1 aliphatic heterocycles. The average Bonchev–Trinajstić information content (AvgIpc) is 3.48. The minimum absolute atomic E-state index is 0.0387. The second-order valence-corrected chi connectivity index (χ2v) is 11.3. The number of Topliss-reactive ketones (excluding diaryl/α,β-unsaturated/α-hetero) is 2. The molecule has 1 heterocycles. The van der Waals surface area contributed by atoms with Gasteiger partial charge in [-0.25, -0.2) is 4.39 Å². The minimum atomic E-state index is -1.23. The number of hydrogen-bond donors (Lipinski definition) is 5. The van der Waals surface area contributed by atoms with E-state index in [1.54, 1.807) is 18.2 Å². The van der Waals surface area contributed by atoms with E-state index < -0.39 is 64.2 Å². The van der Waals surface area contributed by atoms with Gasteiger partial charge in [0, 0.05) is 30.7 Å². The Balaban J connectivity index is 1.45. The van der Waals surface area contributed by atoms with Crippen molar-refractivity contribution in [2.24, 2.45) is 23.5 Å². The first-order valence-corrected chi connectivity index (χ1v) is 13.8. The number of aliphatic hydroxyl groups excluding tert-OH is 2. The lowest BCUT2D eigenvalue weighted by Gasteiger charge is -2.41. The van der Waals surface area contributed by atoms with Gasteiger partial charge in [0.05, 0.1) is 11.5 Å². The molecule has 4 atom stereocenters. The monoisotopic (exact) mass is 576 g/mol. The summed E-state index contributed by atoms with van der Waals surface area (Å²) in [7, 11) is 0. The highest BCUT2D eigenvalue weighted by atomic mass is 19.1. The third-order valence-electron chi connectivity index (χ3n) is 8.80. The molecule has 0 bridgehead atoms. The third kappa shape index (κ3) is 4.44. The molecule has 218 valence electrons. The van der Waals surface area contributed by atoms with Crippen LogP contribution >= 0.6 is 0 Å². The number of benzene rings is 2. The van der Waals surface area contributed by atoms with Crippen LogP contribution in [0.15, 0.2) is 53.0 Å². The summed E-state index contributed by atoms with van der Waals surface area (Å²) in [4.78, 5) is 51.7. The Hall–Kier alpha value is -4.51. The van der Waals surface area contributed by atoms with Crippen LogP contribution in [0.25, 0.3) is 11.1 Å². The Morgan fingerprint density at radius 2 is 1.83 bits per heavy atom. The second-order valence-electron chi connectivity index (χ2n) is 11.3. The van der Waals surface area contributed by atoms with Gasteiger partial charge in [-0.2, -0.15) is 0 Å². The summed E-state index contributed by atoms with van der Waals surface area (Å²) in [5.41, 5.74) is 6.46. The molecule has 0 aromatic heterocycles. The van der Waals surface area contributed by atoms with Crippen LogP contribution < -0.4 is 11.1 Å². The van der Waals surface area contributed by atoms with Crippen molar-refractivity contribution >= 4 is 23.4 Å². The first-order chi connectivity index (χ1) is 20.1. The molecule has 2 aromatic rings. The predicted octanol–water partition coefficient (Wildman–Crippen LogP) is 3.07. The van der Waals surface area contributed by atoms with Crippen molar-refractivity contribution in [2.75, 3.05) is 6.61 Å². The Bertz CT molecular complexity index is 1600. The molecule has 0 saturated carbocycles. The average molecular weight is 577 g/mol. The number of allylic oxidation sites excluding steroid dienone is 3. The lowest BCUT2D eigenvalue weighted by Crippen LogP contribution is -2.43. The van der Waals surface area contributed by atoms with Gasteiger partial charge in [-0.1, -0.05) is 12.1 Å². The quantitative estimate of drug-likeness (QED) is 0.337. The van der Waals surface area contributed by atoms with Gasteiger partial charge in [0.1, 0.15) is 34.8 Å². The van der Waals surface area contributed by atoms with Crippen molar-refractivity contribution in [2.45, 2.75) is 44.8 Å². The summed E-state index contributed by atoms with van der Waals surface area (Å²) in [6, 6.07) is 7.31. The van der Waals surface area contributed by atoms with E-state index in [1.807, 2.05) is 0 Å². The van der Waals surface area contributed by atoms with Crippen molar-refractivity contribution < 1.29 is 43.6 Å². The van der Waals surface area contributed by atoms with Gasteiger partial charge >= 0.3 is 0 Å². The summed E-state index contributed by atoms with van der Waals surface area (Å²) >= 11 is 0. The Kier molecular flexibility index (Phi) is 6.84. The highest BCUT2D eigenvalue weighted by Gasteiger charge is 2.50. The van der Waals surface area contributed by atoms with E-state index in [0.717, 1.165) is 6.42 Å². The molecule has 10 nitrogen and oxygen atoms in total. The van der Waals surface area contributed by atoms with Crippen LogP contribution in [0.1, 0.15) is 47.2 Å². The standard InChI is InChI=1S/C31H29FN2O8/c32-17-5-3-13(4-6-17)18-10-16(12-34-31(41)21-2-1-7-42-21)26(36)24-19(18)9-14-8-15-11-20(35)25(30(33)40)29(39)23(15)27(37)22(14)28(24)38/h3-6,10,14-15,21,23,35-37H,1-2,7-9,11-12H2,(H2,33,40)(H,34,41). The lowest BCUT2D eigenvalue weighted by atomic mass is 9.62. The van der Waals surface area contributed by atoms with E-state index in [9.17, 15) is 38.9 Å². The lowest BCUT2D eigenvalue weighted by molar-refractivity contribution is -0.130. The number of aliphatic hydroxyl groups is 2. The minimum Gasteiger partial charge on any atom is -0.511 e. The van der Waals surface area contributed by atoms with Gasteiger partial charge in [-0.15, -0.1) is 0 Å². The highest BCUT2D eigenvalue weighted by molar-refractivity contribution is 6.22. The van der Waals surface area contributed by atoms with Gasteiger partial charge in [0.2, 0.25) is 5.91 Å². The molecular formula is C31H29FN2O8. The number of phenolic OH excluding ortho intramolecular Hbond substituents is 1. The van der Waals surface area contributed by atoms with Crippen LogP contribution in [0, 0.1) is 23.6 Å². The molecule has 4 unspecified atom stereocenters. The first-order valence-electron chi connectivity index (χ1n) is 13.8. The Labute approximate surface area is 239 Å². The summed E-state index contributed by atoms with van der Waals surface area (Å²) in [6.45, 7) is 0.356. The predicted molar refractivity (Wildman–Crippen MR) is 146 cm³/mol.